The third-order valence-corrected chi connectivity index (χ3v) is 3.39. The number of aromatic nitrogens is 1. The zero-order valence-corrected chi connectivity index (χ0v) is 14.0. The number of benzene rings is 1. The molecule has 0 fully saturated rings. The molecule has 6 heteroatoms. The van der Waals surface area contributed by atoms with E-state index in [1.165, 1.54) is 6.20 Å². The number of carbonyl (C=O) groups is 2. The zero-order valence-electron chi connectivity index (χ0n) is 14.0. The van der Waals surface area contributed by atoms with Crippen molar-refractivity contribution in [2.45, 2.75) is 26.8 Å². The molecule has 1 aromatic carbocycles. The summed E-state index contributed by atoms with van der Waals surface area (Å²) in [5.41, 5.74) is 1.88. The Balaban J connectivity index is 2.06. The van der Waals surface area contributed by atoms with E-state index in [2.05, 4.69) is 15.6 Å². The second kappa shape index (κ2) is 8.10. The molecular weight excluding hydrogens is 306 g/mol. The van der Waals surface area contributed by atoms with Gasteiger partial charge in [-0.25, -0.2) is 4.98 Å². The summed E-state index contributed by atoms with van der Waals surface area (Å²) in [6, 6.07) is 10.4. The van der Waals surface area contributed by atoms with Gasteiger partial charge in [0.2, 0.25) is 0 Å². The maximum absolute atomic E-state index is 12.1. The Morgan fingerprint density at radius 3 is 2.67 bits per heavy atom. The Hall–Kier alpha value is -2.89. The predicted molar refractivity (Wildman–Crippen MR) is 91.8 cm³/mol. The van der Waals surface area contributed by atoms with Crippen LogP contribution in [0.5, 0.6) is 5.75 Å². The maximum Gasteiger partial charge on any atom is 0.314 e. The number of hydrogen-bond acceptors (Lipinski definition) is 4. The molecule has 0 aliphatic rings. The first-order valence-corrected chi connectivity index (χ1v) is 7.77. The summed E-state index contributed by atoms with van der Waals surface area (Å²) < 4.78 is 5.59. The molecule has 0 aliphatic heterocycles. The van der Waals surface area contributed by atoms with E-state index in [0.717, 1.165) is 11.1 Å². The van der Waals surface area contributed by atoms with Gasteiger partial charge in [-0.1, -0.05) is 23.8 Å². The lowest BCUT2D eigenvalue weighted by Crippen LogP contribution is -2.37. The molecule has 6 nitrogen and oxygen atoms in total. The van der Waals surface area contributed by atoms with Gasteiger partial charge in [-0.05, 0) is 39.0 Å². The lowest BCUT2D eigenvalue weighted by molar-refractivity contribution is -0.136. The van der Waals surface area contributed by atoms with Gasteiger partial charge >= 0.3 is 11.8 Å². The highest BCUT2D eigenvalue weighted by molar-refractivity contribution is 6.39. The van der Waals surface area contributed by atoms with Gasteiger partial charge in [0.1, 0.15) is 11.6 Å². The fraction of sp³-hybridized carbons (Fsp3) is 0.278. The summed E-state index contributed by atoms with van der Waals surface area (Å²) in [5.74, 6) is -0.458. The lowest BCUT2D eigenvalue weighted by atomic mass is 10.0. The summed E-state index contributed by atoms with van der Waals surface area (Å²) in [5, 5.41) is 5.14. The molecule has 0 spiro atoms. The zero-order chi connectivity index (χ0) is 17.5. The Bertz CT molecular complexity index is 717. The van der Waals surface area contributed by atoms with Crippen LogP contribution in [0.4, 0.5) is 5.82 Å². The van der Waals surface area contributed by atoms with E-state index in [-0.39, 0.29) is 6.04 Å². The minimum Gasteiger partial charge on any atom is -0.494 e. The number of anilines is 1. The molecule has 0 saturated carbocycles. The maximum atomic E-state index is 12.1. The summed E-state index contributed by atoms with van der Waals surface area (Å²) >= 11 is 0. The predicted octanol–water partition coefficient (Wildman–Crippen LogP) is 2.60. The Morgan fingerprint density at radius 1 is 1.21 bits per heavy atom. The molecule has 1 aromatic heterocycles. The van der Waals surface area contributed by atoms with E-state index in [1.807, 2.05) is 39.0 Å². The minimum atomic E-state index is -0.758. The van der Waals surface area contributed by atoms with Crippen molar-refractivity contribution in [2.75, 3.05) is 11.9 Å². The molecule has 2 rings (SSSR count). The van der Waals surface area contributed by atoms with Crippen LogP contribution in [0, 0.1) is 6.92 Å². The van der Waals surface area contributed by atoms with Crippen molar-refractivity contribution in [1.82, 2.24) is 10.3 Å². The molecule has 24 heavy (non-hydrogen) atoms. The molecule has 0 bridgehead atoms. The third kappa shape index (κ3) is 4.55. The Morgan fingerprint density at radius 2 is 2.00 bits per heavy atom. The van der Waals surface area contributed by atoms with Crippen LogP contribution in [0.3, 0.4) is 0 Å². The van der Waals surface area contributed by atoms with E-state index in [1.54, 1.807) is 18.2 Å². The second-order valence-corrected chi connectivity index (χ2v) is 5.34. The van der Waals surface area contributed by atoms with Gasteiger partial charge in [0.25, 0.3) is 0 Å². The number of rotatable bonds is 5. The molecule has 1 atom stereocenters. The summed E-state index contributed by atoms with van der Waals surface area (Å²) in [4.78, 5) is 28.0. The van der Waals surface area contributed by atoms with Crippen LogP contribution < -0.4 is 15.4 Å². The molecular formula is C18H21N3O3. The van der Waals surface area contributed by atoms with E-state index >= 15 is 0 Å². The number of aryl methyl sites for hydroxylation is 1. The van der Waals surface area contributed by atoms with Crippen LogP contribution in [0.2, 0.25) is 0 Å². The molecule has 0 radical (unpaired) electrons. The van der Waals surface area contributed by atoms with Crippen molar-refractivity contribution in [1.29, 1.82) is 0 Å². The van der Waals surface area contributed by atoms with E-state index < -0.39 is 11.8 Å². The van der Waals surface area contributed by atoms with Gasteiger partial charge in [0, 0.05) is 11.8 Å². The number of hydrogen-bond donors (Lipinski definition) is 2. The molecule has 2 aromatic rings. The normalized spacial score (nSPS) is 11.5. The van der Waals surface area contributed by atoms with Crippen LogP contribution in [-0.2, 0) is 9.59 Å². The first-order valence-electron chi connectivity index (χ1n) is 7.77. The number of carbonyl (C=O) groups excluding carboxylic acids is 2. The van der Waals surface area contributed by atoms with Crippen LogP contribution in [0.25, 0.3) is 0 Å². The number of ether oxygens (including phenoxy) is 1. The smallest absolute Gasteiger partial charge is 0.314 e. The van der Waals surface area contributed by atoms with E-state index in [0.29, 0.717) is 18.2 Å². The Labute approximate surface area is 141 Å². The highest BCUT2D eigenvalue weighted by atomic mass is 16.5. The first kappa shape index (κ1) is 17.5. The number of pyridine rings is 1. The molecule has 2 N–H and O–H groups in total. The van der Waals surface area contributed by atoms with E-state index in [4.69, 9.17) is 4.74 Å². The minimum absolute atomic E-state index is 0.330. The highest BCUT2D eigenvalue weighted by Crippen LogP contribution is 2.26. The molecule has 1 heterocycles. The summed E-state index contributed by atoms with van der Waals surface area (Å²) in [6.07, 6.45) is 1.54. The quantitative estimate of drug-likeness (QED) is 0.827. The monoisotopic (exact) mass is 327 g/mol. The lowest BCUT2D eigenvalue weighted by Gasteiger charge is -2.18. The van der Waals surface area contributed by atoms with Crippen molar-refractivity contribution >= 4 is 17.6 Å². The van der Waals surface area contributed by atoms with E-state index in [9.17, 15) is 9.59 Å². The second-order valence-electron chi connectivity index (χ2n) is 5.34. The molecule has 0 saturated heterocycles. The average Bonchev–Trinajstić information content (AvgIpc) is 2.57. The highest BCUT2D eigenvalue weighted by Gasteiger charge is 2.19. The molecule has 126 valence electrons. The van der Waals surface area contributed by atoms with Crippen molar-refractivity contribution in [3.63, 3.8) is 0 Å². The van der Waals surface area contributed by atoms with Gasteiger partial charge in [-0.15, -0.1) is 0 Å². The van der Waals surface area contributed by atoms with Gasteiger partial charge in [0.05, 0.1) is 12.6 Å². The van der Waals surface area contributed by atoms with Crippen molar-refractivity contribution in [2.24, 2.45) is 0 Å². The number of nitrogens with one attached hydrogen (secondary N) is 2. The molecule has 0 aliphatic carbocycles. The average molecular weight is 327 g/mol. The first-order chi connectivity index (χ1) is 11.5. The van der Waals surface area contributed by atoms with Crippen molar-refractivity contribution in [3.8, 4) is 5.75 Å². The number of amides is 2. The van der Waals surface area contributed by atoms with Crippen LogP contribution in [0.15, 0.2) is 42.6 Å². The van der Waals surface area contributed by atoms with Crippen molar-refractivity contribution < 1.29 is 14.3 Å². The largest absolute Gasteiger partial charge is 0.494 e. The van der Waals surface area contributed by atoms with Crippen molar-refractivity contribution in [3.05, 3.63) is 53.7 Å². The van der Waals surface area contributed by atoms with Gasteiger partial charge in [-0.2, -0.15) is 0 Å². The fourth-order valence-corrected chi connectivity index (χ4v) is 2.24. The molecule has 2 amide bonds. The fourth-order valence-electron chi connectivity index (χ4n) is 2.24. The molecule has 1 unspecified atom stereocenters. The SMILES string of the molecule is CCOc1ccc(C)cc1C(C)NC(=O)C(=O)Nc1ccccn1. The standard InChI is InChI=1S/C18H21N3O3/c1-4-24-15-9-8-12(2)11-14(15)13(3)20-17(22)18(23)21-16-7-5-6-10-19-16/h5-11,13H,4H2,1-3H3,(H,20,22)(H,19,21,23). The Kier molecular flexibility index (Phi) is 5.89. The van der Waals surface area contributed by atoms with Gasteiger partial charge in [0.15, 0.2) is 0 Å². The van der Waals surface area contributed by atoms with Gasteiger partial charge < -0.3 is 15.4 Å². The third-order valence-electron chi connectivity index (χ3n) is 3.39. The summed E-state index contributed by atoms with van der Waals surface area (Å²) in [6.45, 7) is 6.19. The van der Waals surface area contributed by atoms with Crippen LogP contribution in [0.1, 0.15) is 31.0 Å². The number of nitrogens with zero attached hydrogens (tertiary/aromatic N) is 1. The van der Waals surface area contributed by atoms with Gasteiger partial charge in [-0.3, -0.25) is 9.59 Å². The summed E-state index contributed by atoms with van der Waals surface area (Å²) in [7, 11) is 0. The topological polar surface area (TPSA) is 80.3 Å². The van der Waals surface area contributed by atoms with Crippen LogP contribution >= 0.6 is 0 Å². The van der Waals surface area contributed by atoms with Crippen LogP contribution in [-0.4, -0.2) is 23.4 Å².